The molecule has 2 rings (SSSR count). The van der Waals surface area contributed by atoms with Crippen LogP contribution in [-0.2, 0) is 0 Å². The number of thioether (sulfide) groups is 1. The van der Waals surface area contributed by atoms with Crippen molar-refractivity contribution in [1.82, 2.24) is 9.97 Å². The van der Waals surface area contributed by atoms with Gasteiger partial charge in [-0.05, 0) is 32.9 Å². The minimum Gasteiger partial charge on any atom is -0.370 e. The lowest BCUT2D eigenvalue weighted by Gasteiger charge is -2.40. The van der Waals surface area contributed by atoms with Crippen molar-refractivity contribution < 1.29 is 0 Å². The van der Waals surface area contributed by atoms with Crippen LogP contribution in [0.25, 0.3) is 0 Å². The van der Waals surface area contributed by atoms with E-state index in [-0.39, 0.29) is 0 Å². The molecule has 1 aliphatic rings. The van der Waals surface area contributed by atoms with Crippen LogP contribution in [0.15, 0.2) is 6.33 Å². The fourth-order valence-corrected chi connectivity index (χ4v) is 3.16. The molecular formula is C13H22N4S. The highest BCUT2D eigenvalue weighted by Crippen LogP contribution is 2.42. The van der Waals surface area contributed by atoms with E-state index in [1.54, 1.807) is 6.33 Å². The van der Waals surface area contributed by atoms with Gasteiger partial charge in [-0.15, -0.1) is 0 Å². The van der Waals surface area contributed by atoms with Gasteiger partial charge in [0.15, 0.2) is 0 Å². The van der Waals surface area contributed by atoms with E-state index in [0.29, 0.717) is 4.75 Å². The van der Waals surface area contributed by atoms with Crippen molar-refractivity contribution in [3.05, 3.63) is 11.9 Å². The van der Waals surface area contributed by atoms with Gasteiger partial charge in [0.2, 0.25) is 0 Å². The van der Waals surface area contributed by atoms with E-state index in [0.717, 1.165) is 30.3 Å². The zero-order chi connectivity index (χ0) is 13.0. The molecule has 0 unspecified atom stereocenters. The van der Waals surface area contributed by atoms with E-state index in [4.69, 9.17) is 0 Å². The molecule has 0 amide bonds. The largest absolute Gasteiger partial charge is 0.370 e. The number of nitrogens with zero attached hydrogens (tertiary/aromatic N) is 2. The average Bonchev–Trinajstić information content (AvgIpc) is 2.33. The highest BCUT2D eigenvalue weighted by atomic mass is 32.2. The molecule has 1 aromatic rings. The summed E-state index contributed by atoms with van der Waals surface area (Å²) in [6.07, 6.45) is 7.81. The van der Waals surface area contributed by atoms with Gasteiger partial charge in [-0.3, -0.25) is 0 Å². The maximum absolute atomic E-state index is 4.35. The second-order valence-corrected chi connectivity index (χ2v) is 6.09. The predicted octanol–water partition coefficient (Wildman–Crippen LogP) is 2.91. The normalized spacial score (nSPS) is 17.1. The van der Waals surface area contributed by atoms with Gasteiger partial charge in [-0.25, -0.2) is 9.97 Å². The molecule has 18 heavy (non-hydrogen) atoms. The van der Waals surface area contributed by atoms with Crippen LogP contribution in [0.2, 0.25) is 0 Å². The van der Waals surface area contributed by atoms with Crippen LogP contribution in [0.4, 0.5) is 11.6 Å². The summed E-state index contributed by atoms with van der Waals surface area (Å²) >= 11 is 1.98. The fourth-order valence-electron chi connectivity index (χ4n) is 2.24. The third-order valence-electron chi connectivity index (χ3n) is 3.70. The van der Waals surface area contributed by atoms with Gasteiger partial charge < -0.3 is 10.6 Å². The Balaban J connectivity index is 2.02. The number of anilines is 2. The molecule has 0 atom stereocenters. The average molecular weight is 266 g/mol. The summed E-state index contributed by atoms with van der Waals surface area (Å²) in [7, 11) is 0. The van der Waals surface area contributed by atoms with Crippen molar-refractivity contribution >= 4 is 23.4 Å². The Morgan fingerprint density at radius 1 is 1.28 bits per heavy atom. The van der Waals surface area contributed by atoms with Crippen molar-refractivity contribution in [3.8, 4) is 0 Å². The standard InChI is InChI=1S/C13H22N4S/c1-4-14-11-10(2)12(17-9-16-11)15-8-13(18-3)6-5-7-13/h9H,4-8H2,1-3H3,(H2,14,15,16,17). The van der Waals surface area contributed by atoms with Crippen LogP contribution < -0.4 is 10.6 Å². The Kier molecular flexibility index (Phi) is 4.32. The molecule has 100 valence electrons. The third-order valence-corrected chi connectivity index (χ3v) is 5.12. The van der Waals surface area contributed by atoms with Crippen LogP contribution in [0.3, 0.4) is 0 Å². The molecule has 4 nitrogen and oxygen atoms in total. The first-order valence-electron chi connectivity index (χ1n) is 6.55. The Hall–Kier alpha value is -0.970. The van der Waals surface area contributed by atoms with Crippen LogP contribution in [0, 0.1) is 6.92 Å². The van der Waals surface area contributed by atoms with E-state index in [1.807, 2.05) is 11.8 Å². The summed E-state index contributed by atoms with van der Waals surface area (Å²) in [5.41, 5.74) is 1.11. The number of aromatic nitrogens is 2. The summed E-state index contributed by atoms with van der Waals surface area (Å²) < 4.78 is 0.426. The van der Waals surface area contributed by atoms with Crippen molar-refractivity contribution in [1.29, 1.82) is 0 Å². The molecule has 1 saturated carbocycles. The van der Waals surface area contributed by atoms with E-state index in [2.05, 4.69) is 40.7 Å². The highest BCUT2D eigenvalue weighted by Gasteiger charge is 2.35. The number of nitrogens with one attached hydrogen (secondary N) is 2. The summed E-state index contributed by atoms with van der Waals surface area (Å²) in [5.74, 6) is 1.89. The van der Waals surface area contributed by atoms with E-state index >= 15 is 0 Å². The molecule has 0 aromatic carbocycles. The van der Waals surface area contributed by atoms with Crippen molar-refractivity contribution in [2.24, 2.45) is 0 Å². The first kappa shape index (κ1) is 13.5. The van der Waals surface area contributed by atoms with Crippen LogP contribution >= 0.6 is 11.8 Å². The zero-order valence-corrected chi connectivity index (χ0v) is 12.2. The van der Waals surface area contributed by atoms with Crippen molar-refractivity contribution in [2.75, 3.05) is 30.0 Å². The number of hydrogen-bond donors (Lipinski definition) is 2. The Morgan fingerprint density at radius 2 is 1.94 bits per heavy atom. The lowest BCUT2D eigenvalue weighted by Crippen LogP contribution is -2.40. The molecule has 1 aromatic heterocycles. The van der Waals surface area contributed by atoms with Gasteiger partial charge in [0, 0.05) is 23.4 Å². The highest BCUT2D eigenvalue weighted by molar-refractivity contribution is 8.00. The molecule has 0 saturated heterocycles. The fraction of sp³-hybridized carbons (Fsp3) is 0.692. The van der Waals surface area contributed by atoms with Crippen LogP contribution in [-0.4, -0.2) is 34.1 Å². The third kappa shape index (κ3) is 2.71. The van der Waals surface area contributed by atoms with Crippen LogP contribution in [0.1, 0.15) is 31.7 Å². The summed E-state index contributed by atoms with van der Waals surface area (Å²) in [5, 5.41) is 6.75. The molecule has 0 radical (unpaired) electrons. The molecule has 0 spiro atoms. The monoisotopic (exact) mass is 266 g/mol. The first-order valence-corrected chi connectivity index (χ1v) is 7.78. The van der Waals surface area contributed by atoms with Crippen molar-refractivity contribution in [3.63, 3.8) is 0 Å². The van der Waals surface area contributed by atoms with Gasteiger partial charge >= 0.3 is 0 Å². The topological polar surface area (TPSA) is 49.8 Å². The summed E-state index contributed by atoms with van der Waals surface area (Å²) in [6.45, 7) is 6.02. The summed E-state index contributed by atoms with van der Waals surface area (Å²) in [6, 6.07) is 0. The molecule has 2 N–H and O–H groups in total. The molecule has 0 aliphatic heterocycles. The Labute approximate surface area is 113 Å². The lowest BCUT2D eigenvalue weighted by molar-refractivity contribution is 0.379. The minimum atomic E-state index is 0.426. The maximum atomic E-state index is 4.35. The molecule has 1 aliphatic carbocycles. The number of hydrogen-bond acceptors (Lipinski definition) is 5. The predicted molar refractivity (Wildman–Crippen MR) is 79.5 cm³/mol. The lowest BCUT2D eigenvalue weighted by atomic mass is 9.84. The quantitative estimate of drug-likeness (QED) is 0.829. The van der Waals surface area contributed by atoms with Gasteiger partial charge in [0.05, 0.1) is 0 Å². The molecule has 5 heteroatoms. The van der Waals surface area contributed by atoms with Crippen molar-refractivity contribution in [2.45, 2.75) is 37.9 Å². The maximum Gasteiger partial charge on any atom is 0.134 e. The molecular weight excluding hydrogens is 244 g/mol. The second kappa shape index (κ2) is 5.78. The Bertz CT molecular complexity index is 398. The van der Waals surface area contributed by atoms with Gasteiger partial charge in [-0.2, -0.15) is 11.8 Å². The van der Waals surface area contributed by atoms with Gasteiger partial charge in [0.1, 0.15) is 18.0 Å². The van der Waals surface area contributed by atoms with Crippen LogP contribution in [0.5, 0.6) is 0 Å². The van der Waals surface area contributed by atoms with Gasteiger partial charge in [-0.1, -0.05) is 6.42 Å². The summed E-state index contributed by atoms with van der Waals surface area (Å²) in [4.78, 5) is 8.61. The van der Waals surface area contributed by atoms with E-state index in [9.17, 15) is 0 Å². The Morgan fingerprint density at radius 3 is 2.44 bits per heavy atom. The molecule has 1 heterocycles. The second-order valence-electron chi connectivity index (χ2n) is 4.82. The number of rotatable bonds is 6. The van der Waals surface area contributed by atoms with E-state index in [1.165, 1.54) is 19.3 Å². The molecule has 1 fully saturated rings. The smallest absolute Gasteiger partial charge is 0.134 e. The van der Waals surface area contributed by atoms with E-state index < -0.39 is 0 Å². The minimum absolute atomic E-state index is 0.426. The SMILES string of the molecule is CCNc1ncnc(NCC2(SC)CCC2)c1C. The zero-order valence-electron chi connectivity index (χ0n) is 11.4. The van der Waals surface area contributed by atoms with Gasteiger partial charge in [0.25, 0.3) is 0 Å². The molecule has 0 bridgehead atoms. The first-order chi connectivity index (χ1) is 8.71.